The maximum atomic E-state index is 12.3. The van der Waals surface area contributed by atoms with Crippen LogP contribution in [0.3, 0.4) is 0 Å². The lowest BCUT2D eigenvalue weighted by atomic mass is 10.1. The molecule has 5 heteroatoms. The zero-order chi connectivity index (χ0) is 15.1. The molecule has 1 aliphatic rings. The van der Waals surface area contributed by atoms with E-state index in [2.05, 4.69) is 36.1 Å². The van der Waals surface area contributed by atoms with Crippen LogP contribution in [0.2, 0.25) is 0 Å². The van der Waals surface area contributed by atoms with Crippen molar-refractivity contribution in [1.82, 2.24) is 9.80 Å². The second-order valence-electron chi connectivity index (χ2n) is 5.84. The Morgan fingerprint density at radius 3 is 2.59 bits per heavy atom. The molecule has 2 rings (SSSR count). The lowest BCUT2D eigenvalue weighted by Gasteiger charge is -2.24. The molecule has 2 N–H and O–H groups in total. The SMILES string of the molecule is CCCC(N)C(=O)N1CCCN(Cc2ccccc2)CC1.Cl. The van der Waals surface area contributed by atoms with Crippen LogP contribution in [-0.2, 0) is 11.3 Å². The van der Waals surface area contributed by atoms with Gasteiger partial charge in [0.05, 0.1) is 6.04 Å². The van der Waals surface area contributed by atoms with Crippen LogP contribution < -0.4 is 5.73 Å². The Hall–Kier alpha value is -1.10. The highest BCUT2D eigenvalue weighted by Crippen LogP contribution is 2.10. The average molecular weight is 326 g/mol. The van der Waals surface area contributed by atoms with Crippen LogP contribution in [0.1, 0.15) is 31.7 Å². The molecule has 1 aromatic carbocycles. The maximum Gasteiger partial charge on any atom is 0.239 e. The highest BCUT2D eigenvalue weighted by Gasteiger charge is 2.23. The summed E-state index contributed by atoms with van der Waals surface area (Å²) in [6.07, 6.45) is 2.77. The van der Waals surface area contributed by atoms with Gasteiger partial charge in [-0.05, 0) is 18.4 Å². The minimum absolute atomic E-state index is 0. The van der Waals surface area contributed by atoms with Crippen molar-refractivity contribution in [2.45, 2.75) is 38.8 Å². The molecule has 1 unspecified atom stereocenters. The van der Waals surface area contributed by atoms with E-state index in [0.29, 0.717) is 0 Å². The Balaban J connectivity index is 0.00000242. The summed E-state index contributed by atoms with van der Waals surface area (Å²) in [4.78, 5) is 16.7. The predicted octanol–water partition coefficient (Wildman–Crippen LogP) is 2.27. The van der Waals surface area contributed by atoms with Gasteiger partial charge in [-0.15, -0.1) is 12.4 Å². The number of nitrogens with zero attached hydrogens (tertiary/aromatic N) is 2. The van der Waals surface area contributed by atoms with Crippen molar-refractivity contribution in [2.75, 3.05) is 26.2 Å². The minimum atomic E-state index is -0.323. The normalized spacial score (nSPS) is 17.5. The van der Waals surface area contributed by atoms with Gasteiger partial charge in [-0.2, -0.15) is 0 Å². The Labute approximate surface area is 140 Å². The molecule has 1 fully saturated rings. The van der Waals surface area contributed by atoms with Gasteiger partial charge in [0.2, 0.25) is 5.91 Å². The second-order valence-corrected chi connectivity index (χ2v) is 5.84. The summed E-state index contributed by atoms with van der Waals surface area (Å²) in [5.74, 6) is 0.124. The fourth-order valence-corrected chi connectivity index (χ4v) is 2.86. The van der Waals surface area contributed by atoms with E-state index in [0.717, 1.165) is 52.0 Å². The van der Waals surface area contributed by atoms with Crippen molar-refractivity contribution in [3.63, 3.8) is 0 Å². The number of hydrogen-bond donors (Lipinski definition) is 1. The van der Waals surface area contributed by atoms with Crippen LogP contribution in [0.25, 0.3) is 0 Å². The first kappa shape index (κ1) is 18.9. The van der Waals surface area contributed by atoms with Crippen LogP contribution in [0.5, 0.6) is 0 Å². The summed E-state index contributed by atoms with van der Waals surface area (Å²) in [5.41, 5.74) is 7.30. The molecule has 0 spiro atoms. The van der Waals surface area contributed by atoms with E-state index in [1.807, 2.05) is 11.0 Å². The van der Waals surface area contributed by atoms with E-state index < -0.39 is 0 Å². The number of hydrogen-bond acceptors (Lipinski definition) is 3. The first-order valence-electron chi connectivity index (χ1n) is 8.01. The molecule has 4 nitrogen and oxygen atoms in total. The van der Waals surface area contributed by atoms with Crippen molar-refractivity contribution >= 4 is 18.3 Å². The summed E-state index contributed by atoms with van der Waals surface area (Å²) in [6.45, 7) is 6.63. The van der Waals surface area contributed by atoms with Gasteiger partial charge in [-0.25, -0.2) is 0 Å². The van der Waals surface area contributed by atoms with Gasteiger partial charge in [-0.1, -0.05) is 43.7 Å². The number of carbonyl (C=O) groups excluding carboxylic acids is 1. The zero-order valence-electron chi connectivity index (χ0n) is 13.4. The van der Waals surface area contributed by atoms with Gasteiger partial charge >= 0.3 is 0 Å². The van der Waals surface area contributed by atoms with Crippen molar-refractivity contribution in [3.8, 4) is 0 Å². The number of halogens is 1. The third-order valence-electron chi connectivity index (χ3n) is 4.07. The molecular weight excluding hydrogens is 298 g/mol. The monoisotopic (exact) mass is 325 g/mol. The number of rotatable bonds is 5. The molecule has 1 heterocycles. The number of nitrogens with two attached hydrogens (primary N) is 1. The van der Waals surface area contributed by atoms with Gasteiger partial charge < -0.3 is 10.6 Å². The topological polar surface area (TPSA) is 49.6 Å². The average Bonchev–Trinajstić information content (AvgIpc) is 2.73. The third-order valence-corrected chi connectivity index (χ3v) is 4.07. The van der Waals surface area contributed by atoms with Crippen molar-refractivity contribution in [2.24, 2.45) is 5.73 Å². The smallest absolute Gasteiger partial charge is 0.239 e. The van der Waals surface area contributed by atoms with E-state index in [-0.39, 0.29) is 24.4 Å². The summed E-state index contributed by atoms with van der Waals surface area (Å²) >= 11 is 0. The van der Waals surface area contributed by atoms with Crippen LogP contribution in [-0.4, -0.2) is 47.9 Å². The number of carbonyl (C=O) groups is 1. The van der Waals surface area contributed by atoms with E-state index in [9.17, 15) is 4.79 Å². The Bertz CT molecular complexity index is 441. The standard InChI is InChI=1S/C17H27N3O.ClH/c1-2-7-16(18)17(21)20-11-6-10-19(12-13-20)14-15-8-4-3-5-9-15;/h3-5,8-9,16H,2,6-7,10-14,18H2,1H3;1H. The van der Waals surface area contributed by atoms with E-state index >= 15 is 0 Å². The Morgan fingerprint density at radius 2 is 1.91 bits per heavy atom. The predicted molar refractivity (Wildman–Crippen MR) is 93.0 cm³/mol. The van der Waals surface area contributed by atoms with E-state index in [1.165, 1.54) is 5.56 Å². The Morgan fingerprint density at radius 1 is 1.18 bits per heavy atom. The molecule has 0 bridgehead atoms. The zero-order valence-corrected chi connectivity index (χ0v) is 14.2. The van der Waals surface area contributed by atoms with E-state index in [1.54, 1.807) is 0 Å². The fourth-order valence-electron chi connectivity index (χ4n) is 2.86. The lowest BCUT2D eigenvalue weighted by molar-refractivity contribution is -0.132. The summed E-state index contributed by atoms with van der Waals surface area (Å²) < 4.78 is 0. The molecule has 1 atom stereocenters. The van der Waals surface area contributed by atoms with E-state index in [4.69, 9.17) is 5.73 Å². The van der Waals surface area contributed by atoms with Gasteiger partial charge in [0.25, 0.3) is 0 Å². The lowest BCUT2D eigenvalue weighted by Crippen LogP contribution is -2.45. The first-order valence-corrected chi connectivity index (χ1v) is 8.01. The Kier molecular flexibility index (Phi) is 8.46. The molecule has 1 saturated heterocycles. The largest absolute Gasteiger partial charge is 0.340 e. The van der Waals surface area contributed by atoms with Crippen LogP contribution in [0, 0.1) is 0 Å². The summed E-state index contributed by atoms with van der Waals surface area (Å²) in [5, 5.41) is 0. The fraction of sp³-hybridized carbons (Fsp3) is 0.588. The van der Waals surface area contributed by atoms with Gasteiger partial charge in [0, 0.05) is 32.7 Å². The van der Waals surface area contributed by atoms with Crippen LogP contribution >= 0.6 is 12.4 Å². The van der Waals surface area contributed by atoms with Crippen molar-refractivity contribution in [1.29, 1.82) is 0 Å². The molecule has 22 heavy (non-hydrogen) atoms. The molecule has 1 aromatic rings. The molecular formula is C17H28ClN3O. The van der Waals surface area contributed by atoms with Gasteiger partial charge in [0.1, 0.15) is 0 Å². The molecule has 124 valence electrons. The van der Waals surface area contributed by atoms with Crippen LogP contribution in [0.4, 0.5) is 0 Å². The highest BCUT2D eigenvalue weighted by atomic mass is 35.5. The molecule has 0 aromatic heterocycles. The molecule has 1 aliphatic heterocycles. The van der Waals surface area contributed by atoms with Crippen molar-refractivity contribution in [3.05, 3.63) is 35.9 Å². The number of benzene rings is 1. The first-order chi connectivity index (χ1) is 10.2. The van der Waals surface area contributed by atoms with Gasteiger partial charge in [-0.3, -0.25) is 9.69 Å². The molecule has 1 amide bonds. The molecule has 0 aliphatic carbocycles. The van der Waals surface area contributed by atoms with Crippen LogP contribution in [0.15, 0.2) is 30.3 Å². The summed E-state index contributed by atoms with van der Waals surface area (Å²) in [6, 6.07) is 10.2. The second kappa shape index (κ2) is 9.82. The molecule has 0 radical (unpaired) electrons. The molecule has 0 saturated carbocycles. The van der Waals surface area contributed by atoms with Gasteiger partial charge in [0.15, 0.2) is 0 Å². The highest BCUT2D eigenvalue weighted by molar-refractivity contribution is 5.85. The summed E-state index contributed by atoms with van der Waals surface area (Å²) in [7, 11) is 0. The maximum absolute atomic E-state index is 12.3. The third kappa shape index (κ3) is 5.59. The quantitative estimate of drug-likeness (QED) is 0.903. The van der Waals surface area contributed by atoms with Crippen molar-refractivity contribution < 1.29 is 4.79 Å². The minimum Gasteiger partial charge on any atom is -0.340 e. The number of amides is 1.